The summed E-state index contributed by atoms with van der Waals surface area (Å²) in [6.45, 7) is 1.36. The standard InChI is InChI=1S/C12H9Cl2N3O2/c1-6(18)15-12-9(13)16-11(17-12)8-4-2-3-7(5-8)10(14)19/h2-5H,1H3,(H,15,18)(H,16,17). The van der Waals surface area contributed by atoms with Crippen LogP contribution in [0.4, 0.5) is 5.82 Å². The summed E-state index contributed by atoms with van der Waals surface area (Å²) < 4.78 is 0. The average molecular weight is 298 g/mol. The molecular formula is C12H9Cl2N3O2. The first-order valence-electron chi connectivity index (χ1n) is 5.30. The number of H-pyrrole nitrogens is 1. The van der Waals surface area contributed by atoms with Gasteiger partial charge >= 0.3 is 0 Å². The Bertz CT molecular complexity index is 652. The van der Waals surface area contributed by atoms with Crippen LogP contribution in [0, 0.1) is 0 Å². The predicted octanol–water partition coefficient (Wildman–Crippen LogP) is 3.07. The number of imidazole rings is 1. The number of carbonyl (C=O) groups is 2. The number of aromatic nitrogens is 2. The van der Waals surface area contributed by atoms with Crippen molar-refractivity contribution >= 4 is 40.2 Å². The fourth-order valence-electron chi connectivity index (χ4n) is 1.53. The number of nitrogens with zero attached hydrogens (tertiary/aromatic N) is 1. The molecule has 1 amide bonds. The Hall–Kier alpha value is -1.85. The van der Waals surface area contributed by atoms with Gasteiger partial charge in [-0.1, -0.05) is 29.8 Å². The fourth-order valence-corrected chi connectivity index (χ4v) is 1.82. The van der Waals surface area contributed by atoms with Crippen molar-refractivity contribution in [2.45, 2.75) is 6.92 Å². The summed E-state index contributed by atoms with van der Waals surface area (Å²) in [6.07, 6.45) is 0. The van der Waals surface area contributed by atoms with Crippen molar-refractivity contribution < 1.29 is 9.59 Å². The molecule has 1 aromatic carbocycles. The van der Waals surface area contributed by atoms with Gasteiger partial charge in [0.15, 0.2) is 11.0 Å². The predicted molar refractivity (Wildman–Crippen MR) is 73.5 cm³/mol. The van der Waals surface area contributed by atoms with Gasteiger partial charge in [0.1, 0.15) is 5.82 Å². The second-order valence-electron chi connectivity index (χ2n) is 3.78. The fraction of sp³-hybridized carbons (Fsp3) is 0.0833. The molecule has 0 aliphatic carbocycles. The topological polar surface area (TPSA) is 74.8 Å². The summed E-state index contributed by atoms with van der Waals surface area (Å²) in [5.41, 5.74) is 0.998. The molecule has 0 unspecified atom stereocenters. The van der Waals surface area contributed by atoms with Gasteiger partial charge in [-0.15, -0.1) is 0 Å². The molecule has 2 aromatic rings. The SMILES string of the molecule is CC(=O)Nc1nc(-c2cccc(C(=O)Cl)c2)[nH]c1Cl. The van der Waals surface area contributed by atoms with Gasteiger partial charge in [0.05, 0.1) is 0 Å². The van der Waals surface area contributed by atoms with E-state index in [4.69, 9.17) is 23.2 Å². The molecule has 2 rings (SSSR count). The molecule has 0 fully saturated rings. The van der Waals surface area contributed by atoms with E-state index in [1.165, 1.54) is 6.92 Å². The molecular weight excluding hydrogens is 289 g/mol. The van der Waals surface area contributed by atoms with Crippen LogP contribution in [0.3, 0.4) is 0 Å². The van der Waals surface area contributed by atoms with Crippen molar-refractivity contribution in [1.82, 2.24) is 9.97 Å². The van der Waals surface area contributed by atoms with Crippen molar-refractivity contribution in [3.63, 3.8) is 0 Å². The molecule has 7 heteroatoms. The third kappa shape index (κ3) is 3.13. The van der Waals surface area contributed by atoms with Gasteiger partial charge in [0, 0.05) is 18.1 Å². The first kappa shape index (κ1) is 13.6. The van der Waals surface area contributed by atoms with Gasteiger partial charge in [0.2, 0.25) is 5.91 Å². The second kappa shape index (κ2) is 5.42. The number of hydrogen-bond acceptors (Lipinski definition) is 3. The molecule has 19 heavy (non-hydrogen) atoms. The van der Waals surface area contributed by atoms with Crippen LogP contribution in [0.2, 0.25) is 5.15 Å². The second-order valence-corrected chi connectivity index (χ2v) is 4.50. The molecule has 0 aliphatic rings. The van der Waals surface area contributed by atoms with Gasteiger partial charge < -0.3 is 10.3 Å². The van der Waals surface area contributed by atoms with Crippen LogP contribution < -0.4 is 5.32 Å². The molecule has 1 aromatic heterocycles. The minimum Gasteiger partial charge on any atom is -0.327 e. The van der Waals surface area contributed by atoms with E-state index in [1.807, 2.05) is 0 Å². The summed E-state index contributed by atoms with van der Waals surface area (Å²) in [5.74, 6) is 0.407. The highest BCUT2D eigenvalue weighted by atomic mass is 35.5. The third-order valence-electron chi connectivity index (χ3n) is 2.32. The first-order valence-corrected chi connectivity index (χ1v) is 6.06. The highest BCUT2D eigenvalue weighted by molar-refractivity contribution is 6.67. The van der Waals surface area contributed by atoms with Gasteiger partial charge in [0.25, 0.3) is 5.24 Å². The first-order chi connectivity index (χ1) is 8.97. The number of halogens is 2. The number of aromatic amines is 1. The monoisotopic (exact) mass is 297 g/mol. The lowest BCUT2D eigenvalue weighted by Crippen LogP contribution is -2.06. The van der Waals surface area contributed by atoms with E-state index in [2.05, 4.69) is 15.3 Å². The van der Waals surface area contributed by atoms with Gasteiger partial charge in [-0.2, -0.15) is 0 Å². The molecule has 98 valence electrons. The Morgan fingerprint density at radius 1 is 1.37 bits per heavy atom. The van der Waals surface area contributed by atoms with E-state index in [0.717, 1.165) is 0 Å². The Kier molecular flexibility index (Phi) is 3.87. The van der Waals surface area contributed by atoms with Crippen molar-refractivity contribution in [3.05, 3.63) is 35.0 Å². The highest BCUT2D eigenvalue weighted by Gasteiger charge is 2.12. The van der Waals surface area contributed by atoms with Crippen LogP contribution >= 0.6 is 23.2 Å². The van der Waals surface area contributed by atoms with Gasteiger partial charge in [-0.05, 0) is 17.7 Å². The van der Waals surface area contributed by atoms with Crippen molar-refractivity contribution in [2.75, 3.05) is 5.32 Å². The smallest absolute Gasteiger partial charge is 0.252 e. The minimum atomic E-state index is -0.554. The summed E-state index contributed by atoms with van der Waals surface area (Å²) in [5, 5.41) is 2.16. The zero-order valence-electron chi connectivity index (χ0n) is 9.83. The van der Waals surface area contributed by atoms with E-state index < -0.39 is 5.24 Å². The number of hydrogen-bond donors (Lipinski definition) is 2. The zero-order valence-corrected chi connectivity index (χ0v) is 11.3. The quantitative estimate of drug-likeness (QED) is 0.855. The summed E-state index contributed by atoms with van der Waals surface area (Å²) in [6, 6.07) is 6.61. The number of amides is 1. The van der Waals surface area contributed by atoms with Crippen LogP contribution in [0.25, 0.3) is 11.4 Å². The summed E-state index contributed by atoms with van der Waals surface area (Å²) in [4.78, 5) is 29.0. The number of benzene rings is 1. The molecule has 0 bridgehead atoms. The lowest BCUT2D eigenvalue weighted by atomic mass is 10.1. The van der Waals surface area contributed by atoms with E-state index in [1.54, 1.807) is 24.3 Å². The molecule has 0 saturated carbocycles. The number of rotatable bonds is 3. The molecule has 5 nitrogen and oxygen atoms in total. The van der Waals surface area contributed by atoms with Crippen LogP contribution in [0.15, 0.2) is 24.3 Å². The highest BCUT2D eigenvalue weighted by Crippen LogP contribution is 2.25. The Morgan fingerprint density at radius 3 is 2.74 bits per heavy atom. The van der Waals surface area contributed by atoms with Crippen molar-refractivity contribution in [3.8, 4) is 11.4 Å². The molecule has 0 aliphatic heterocycles. The number of anilines is 1. The Labute approximate surface area is 118 Å². The lowest BCUT2D eigenvalue weighted by molar-refractivity contribution is -0.114. The molecule has 1 heterocycles. The summed E-state index contributed by atoms with van der Waals surface area (Å²) >= 11 is 11.3. The van der Waals surface area contributed by atoms with Gasteiger partial charge in [-0.3, -0.25) is 9.59 Å². The van der Waals surface area contributed by atoms with Crippen molar-refractivity contribution in [1.29, 1.82) is 0 Å². The van der Waals surface area contributed by atoms with Crippen LogP contribution in [0.5, 0.6) is 0 Å². The lowest BCUT2D eigenvalue weighted by Gasteiger charge is -1.98. The van der Waals surface area contributed by atoms with E-state index in [0.29, 0.717) is 17.0 Å². The Balaban J connectivity index is 2.39. The molecule has 0 atom stereocenters. The number of carbonyl (C=O) groups excluding carboxylic acids is 2. The van der Waals surface area contributed by atoms with Crippen LogP contribution in [0.1, 0.15) is 17.3 Å². The zero-order chi connectivity index (χ0) is 14.0. The maximum atomic E-state index is 11.1. The molecule has 0 spiro atoms. The van der Waals surface area contributed by atoms with E-state index in [9.17, 15) is 9.59 Å². The number of nitrogens with one attached hydrogen (secondary N) is 2. The molecule has 0 saturated heterocycles. The largest absolute Gasteiger partial charge is 0.327 e. The molecule has 2 N–H and O–H groups in total. The maximum Gasteiger partial charge on any atom is 0.252 e. The van der Waals surface area contributed by atoms with Crippen molar-refractivity contribution in [2.24, 2.45) is 0 Å². The third-order valence-corrected chi connectivity index (χ3v) is 2.81. The Morgan fingerprint density at radius 2 is 2.11 bits per heavy atom. The van der Waals surface area contributed by atoms with Gasteiger partial charge in [-0.25, -0.2) is 4.98 Å². The maximum absolute atomic E-state index is 11.1. The van der Waals surface area contributed by atoms with Crippen LogP contribution in [-0.2, 0) is 4.79 Å². The summed E-state index contributed by atoms with van der Waals surface area (Å²) in [7, 11) is 0. The van der Waals surface area contributed by atoms with Crippen LogP contribution in [-0.4, -0.2) is 21.1 Å². The van der Waals surface area contributed by atoms with E-state index in [-0.39, 0.29) is 16.9 Å². The average Bonchev–Trinajstić information content (AvgIpc) is 2.70. The molecule has 0 radical (unpaired) electrons. The minimum absolute atomic E-state index is 0.216. The normalized spacial score (nSPS) is 10.3. The van der Waals surface area contributed by atoms with E-state index >= 15 is 0 Å².